The summed E-state index contributed by atoms with van der Waals surface area (Å²) < 4.78 is 29.2. The van der Waals surface area contributed by atoms with Crippen LogP contribution in [0.15, 0.2) is 27.0 Å². The molecule has 2 heterocycles. The maximum absolute atomic E-state index is 12.2. The van der Waals surface area contributed by atoms with Crippen LogP contribution in [0.1, 0.15) is 42.0 Å². The first-order valence-corrected chi connectivity index (χ1v) is 8.63. The summed E-state index contributed by atoms with van der Waals surface area (Å²) in [5.74, 6) is -2.01. The SMILES string of the molecule is CC(C)(C)c1csc(CS(=O)(=O)c2ccc(C(=O)O)o2)n1. The van der Waals surface area contributed by atoms with Gasteiger partial charge in [0.25, 0.3) is 0 Å². The van der Waals surface area contributed by atoms with Crippen LogP contribution in [0.5, 0.6) is 0 Å². The molecule has 0 amide bonds. The van der Waals surface area contributed by atoms with Gasteiger partial charge in [-0.15, -0.1) is 11.3 Å². The second-order valence-electron chi connectivity index (χ2n) is 5.56. The monoisotopic (exact) mass is 329 g/mol. The lowest BCUT2D eigenvalue weighted by molar-refractivity contribution is 0.0656. The Morgan fingerprint density at radius 2 is 2.05 bits per heavy atom. The average Bonchev–Trinajstić information content (AvgIpc) is 2.94. The van der Waals surface area contributed by atoms with Crippen molar-refractivity contribution in [1.82, 2.24) is 4.98 Å². The van der Waals surface area contributed by atoms with Gasteiger partial charge in [0.05, 0.1) is 5.69 Å². The molecule has 0 aliphatic rings. The minimum Gasteiger partial charge on any atom is -0.475 e. The van der Waals surface area contributed by atoms with Crippen LogP contribution < -0.4 is 0 Å². The van der Waals surface area contributed by atoms with Crippen molar-refractivity contribution in [3.05, 3.63) is 34.0 Å². The van der Waals surface area contributed by atoms with E-state index in [1.165, 1.54) is 11.3 Å². The first-order valence-electron chi connectivity index (χ1n) is 6.10. The molecule has 0 bridgehead atoms. The number of rotatable bonds is 4. The molecular formula is C13H15NO5S2. The van der Waals surface area contributed by atoms with Crippen LogP contribution in [0.2, 0.25) is 0 Å². The van der Waals surface area contributed by atoms with Gasteiger partial charge in [0, 0.05) is 10.8 Å². The van der Waals surface area contributed by atoms with E-state index in [0.29, 0.717) is 5.01 Å². The highest BCUT2D eigenvalue weighted by Crippen LogP contribution is 2.26. The molecule has 0 aliphatic carbocycles. The molecule has 2 aromatic heterocycles. The van der Waals surface area contributed by atoms with E-state index in [1.807, 2.05) is 26.2 Å². The van der Waals surface area contributed by atoms with E-state index in [-0.39, 0.29) is 16.3 Å². The molecule has 0 atom stereocenters. The molecule has 0 aliphatic heterocycles. The molecule has 8 heteroatoms. The fraction of sp³-hybridized carbons (Fsp3) is 0.385. The summed E-state index contributed by atoms with van der Waals surface area (Å²) in [4.78, 5) is 15.0. The van der Waals surface area contributed by atoms with Crippen LogP contribution in [0.3, 0.4) is 0 Å². The Labute approximate surface area is 126 Å². The van der Waals surface area contributed by atoms with Crippen molar-refractivity contribution in [3.63, 3.8) is 0 Å². The molecular weight excluding hydrogens is 314 g/mol. The summed E-state index contributed by atoms with van der Waals surface area (Å²) in [6.45, 7) is 5.98. The highest BCUT2D eigenvalue weighted by atomic mass is 32.2. The van der Waals surface area contributed by atoms with E-state index in [4.69, 9.17) is 9.52 Å². The standard InChI is InChI=1S/C13H15NO5S2/c1-13(2,3)9-6-20-10(14-9)7-21(17,18)11-5-4-8(19-11)12(15)16/h4-6H,7H2,1-3H3,(H,15,16). The zero-order valence-electron chi connectivity index (χ0n) is 11.8. The van der Waals surface area contributed by atoms with Crippen molar-refractivity contribution < 1.29 is 22.7 Å². The van der Waals surface area contributed by atoms with Crippen molar-refractivity contribution in [1.29, 1.82) is 0 Å². The van der Waals surface area contributed by atoms with Gasteiger partial charge in [-0.05, 0) is 12.1 Å². The van der Waals surface area contributed by atoms with E-state index in [2.05, 4.69) is 4.98 Å². The van der Waals surface area contributed by atoms with E-state index in [0.717, 1.165) is 17.8 Å². The van der Waals surface area contributed by atoms with Crippen LogP contribution in [0.4, 0.5) is 0 Å². The Kier molecular flexibility index (Phi) is 3.94. The molecule has 0 fully saturated rings. The van der Waals surface area contributed by atoms with E-state index in [9.17, 15) is 13.2 Å². The van der Waals surface area contributed by atoms with Crippen molar-refractivity contribution in [2.75, 3.05) is 0 Å². The Morgan fingerprint density at radius 3 is 2.52 bits per heavy atom. The number of aromatic carboxylic acids is 1. The molecule has 6 nitrogen and oxygen atoms in total. The first kappa shape index (κ1) is 15.7. The number of aromatic nitrogens is 1. The average molecular weight is 329 g/mol. The fourth-order valence-electron chi connectivity index (χ4n) is 1.56. The molecule has 21 heavy (non-hydrogen) atoms. The van der Waals surface area contributed by atoms with Gasteiger partial charge in [0.2, 0.25) is 20.7 Å². The summed E-state index contributed by atoms with van der Waals surface area (Å²) >= 11 is 1.26. The quantitative estimate of drug-likeness (QED) is 0.926. The zero-order valence-corrected chi connectivity index (χ0v) is 13.4. The summed E-state index contributed by atoms with van der Waals surface area (Å²) in [6.07, 6.45) is 0. The largest absolute Gasteiger partial charge is 0.475 e. The summed E-state index contributed by atoms with van der Waals surface area (Å²) in [7, 11) is -3.74. The molecule has 0 unspecified atom stereocenters. The Balaban J connectivity index is 2.24. The molecule has 2 aromatic rings. The van der Waals surface area contributed by atoms with Gasteiger partial charge in [-0.3, -0.25) is 0 Å². The Morgan fingerprint density at radius 1 is 1.38 bits per heavy atom. The second kappa shape index (κ2) is 5.27. The topological polar surface area (TPSA) is 97.5 Å². The highest BCUT2D eigenvalue weighted by Gasteiger charge is 2.24. The van der Waals surface area contributed by atoms with Crippen LogP contribution in [-0.4, -0.2) is 24.5 Å². The van der Waals surface area contributed by atoms with Gasteiger partial charge in [-0.1, -0.05) is 20.8 Å². The lowest BCUT2D eigenvalue weighted by Crippen LogP contribution is -2.12. The Bertz CT molecular complexity index is 765. The smallest absolute Gasteiger partial charge is 0.371 e. The Hall–Kier alpha value is -1.67. The highest BCUT2D eigenvalue weighted by molar-refractivity contribution is 7.90. The van der Waals surface area contributed by atoms with Gasteiger partial charge in [-0.25, -0.2) is 18.2 Å². The molecule has 114 valence electrons. The third-order valence-electron chi connectivity index (χ3n) is 2.73. The van der Waals surface area contributed by atoms with Crippen molar-refractivity contribution in [2.24, 2.45) is 0 Å². The maximum atomic E-state index is 12.2. The molecule has 0 radical (unpaired) electrons. The van der Waals surface area contributed by atoms with Crippen LogP contribution in [-0.2, 0) is 21.0 Å². The van der Waals surface area contributed by atoms with Crippen molar-refractivity contribution >= 4 is 27.1 Å². The predicted molar refractivity (Wildman–Crippen MR) is 77.4 cm³/mol. The minimum atomic E-state index is -3.74. The fourth-order valence-corrected chi connectivity index (χ4v) is 4.12. The van der Waals surface area contributed by atoms with Crippen molar-refractivity contribution in [3.8, 4) is 0 Å². The lowest BCUT2D eigenvalue weighted by atomic mass is 9.93. The van der Waals surface area contributed by atoms with Gasteiger partial charge in [-0.2, -0.15) is 0 Å². The van der Waals surface area contributed by atoms with Crippen molar-refractivity contribution in [2.45, 2.75) is 37.0 Å². The zero-order chi connectivity index (χ0) is 15.8. The lowest BCUT2D eigenvalue weighted by Gasteiger charge is -2.14. The normalized spacial score (nSPS) is 12.5. The van der Waals surface area contributed by atoms with E-state index < -0.39 is 21.6 Å². The van der Waals surface area contributed by atoms with Gasteiger partial charge in [0.1, 0.15) is 10.8 Å². The molecule has 1 N–H and O–H groups in total. The number of sulfone groups is 1. The van der Waals surface area contributed by atoms with Crippen LogP contribution in [0, 0.1) is 0 Å². The maximum Gasteiger partial charge on any atom is 0.371 e. The minimum absolute atomic E-state index is 0.153. The summed E-state index contributed by atoms with van der Waals surface area (Å²) in [5, 5.41) is 10.7. The molecule has 0 saturated heterocycles. The van der Waals surface area contributed by atoms with Gasteiger partial charge in [0.15, 0.2) is 0 Å². The predicted octanol–water partition coefficient (Wildman–Crippen LogP) is 2.71. The number of nitrogens with zero attached hydrogens (tertiary/aromatic N) is 1. The second-order valence-corrected chi connectivity index (χ2v) is 8.42. The van der Waals surface area contributed by atoms with E-state index in [1.54, 1.807) is 0 Å². The summed E-state index contributed by atoms with van der Waals surface area (Å²) in [6, 6.07) is 2.27. The number of carboxylic acids is 1. The molecule has 0 spiro atoms. The summed E-state index contributed by atoms with van der Waals surface area (Å²) in [5.41, 5.74) is 0.669. The first-order chi connectivity index (χ1) is 9.59. The molecule has 0 aromatic carbocycles. The number of carboxylic acid groups (broad SMARTS) is 1. The molecule has 0 saturated carbocycles. The van der Waals surface area contributed by atoms with Gasteiger partial charge < -0.3 is 9.52 Å². The third-order valence-corrected chi connectivity index (χ3v) is 5.25. The van der Waals surface area contributed by atoms with Crippen LogP contribution >= 0.6 is 11.3 Å². The number of furan rings is 1. The van der Waals surface area contributed by atoms with Gasteiger partial charge >= 0.3 is 5.97 Å². The number of hydrogen-bond donors (Lipinski definition) is 1. The number of thiazole rings is 1. The van der Waals surface area contributed by atoms with Crippen LogP contribution in [0.25, 0.3) is 0 Å². The molecule has 2 rings (SSSR count). The third kappa shape index (κ3) is 3.51. The number of hydrogen-bond acceptors (Lipinski definition) is 6. The van der Waals surface area contributed by atoms with E-state index >= 15 is 0 Å². The number of carbonyl (C=O) groups is 1.